The molecule has 0 spiro atoms. The van der Waals surface area contributed by atoms with Crippen LogP contribution in [0.2, 0.25) is 0 Å². The number of rotatable bonds is 3. The number of benzene rings is 1. The van der Waals surface area contributed by atoms with E-state index in [1.807, 2.05) is 0 Å². The van der Waals surface area contributed by atoms with Crippen LogP contribution < -0.4 is 5.73 Å². The summed E-state index contributed by atoms with van der Waals surface area (Å²) in [6, 6.07) is 4.62. The Morgan fingerprint density at radius 1 is 1.29 bits per heavy atom. The van der Waals surface area contributed by atoms with Crippen molar-refractivity contribution >= 4 is 12.4 Å². The van der Waals surface area contributed by atoms with E-state index in [2.05, 4.69) is 0 Å². The first-order valence-electron chi connectivity index (χ1n) is 3.89. The lowest BCUT2D eigenvalue weighted by Gasteiger charge is -2.10. The Hall–Kier alpha value is -0.740. The van der Waals surface area contributed by atoms with Crippen LogP contribution in [0.5, 0.6) is 0 Å². The highest BCUT2D eigenvalue weighted by Crippen LogP contribution is 2.18. The fourth-order valence-corrected chi connectivity index (χ4v) is 1.07. The molecule has 0 unspecified atom stereocenters. The summed E-state index contributed by atoms with van der Waals surface area (Å²) in [5, 5.41) is 0. The average Bonchev–Trinajstić information content (AvgIpc) is 2.03. The van der Waals surface area contributed by atoms with Crippen LogP contribution >= 0.6 is 12.4 Å². The van der Waals surface area contributed by atoms with Gasteiger partial charge in [-0.15, -0.1) is 12.4 Å². The molecule has 0 radical (unpaired) electrons. The van der Waals surface area contributed by atoms with Crippen LogP contribution in [0.3, 0.4) is 0 Å². The molecule has 14 heavy (non-hydrogen) atoms. The van der Waals surface area contributed by atoms with E-state index in [4.69, 9.17) is 5.73 Å². The second-order valence-electron chi connectivity index (χ2n) is 2.79. The molecule has 0 fully saturated rings. The van der Waals surface area contributed by atoms with Gasteiger partial charge >= 0.3 is 0 Å². The maximum absolute atomic E-state index is 12.6. The van der Waals surface area contributed by atoms with E-state index in [1.54, 1.807) is 0 Å². The summed E-state index contributed by atoms with van der Waals surface area (Å²) in [6.07, 6.45) is -2.90. The van der Waals surface area contributed by atoms with Crippen molar-refractivity contribution in [2.45, 2.75) is 18.9 Å². The molecule has 0 amide bonds. The summed E-state index contributed by atoms with van der Waals surface area (Å²) in [6.45, 7) is 0. The minimum Gasteiger partial charge on any atom is -0.324 e. The van der Waals surface area contributed by atoms with Crippen molar-refractivity contribution < 1.29 is 13.2 Å². The molecule has 1 aromatic carbocycles. The Morgan fingerprint density at radius 3 is 2.43 bits per heavy atom. The lowest BCUT2D eigenvalue weighted by atomic mass is 10.1. The third-order valence-electron chi connectivity index (χ3n) is 1.71. The Labute approximate surface area is 86.5 Å². The van der Waals surface area contributed by atoms with E-state index >= 15 is 0 Å². The molecule has 1 nitrogen and oxygen atoms in total. The molecule has 0 aliphatic carbocycles. The van der Waals surface area contributed by atoms with Crippen molar-refractivity contribution in [1.82, 2.24) is 0 Å². The third-order valence-corrected chi connectivity index (χ3v) is 1.71. The number of nitrogens with two attached hydrogens (primary N) is 1. The SMILES string of the molecule is Cl.N[C@H](CC(F)F)c1cccc(F)c1. The number of hydrogen-bond acceptors (Lipinski definition) is 1. The summed E-state index contributed by atoms with van der Waals surface area (Å²) in [5.74, 6) is -0.456. The van der Waals surface area contributed by atoms with Crippen molar-refractivity contribution in [3.8, 4) is 0 Å². The van der Waals surface area contributed by atoms with Crippen LogP contribution in [-0.2, 0) is 0 Å². The highest BCUT2D eigenvalue weighted by atomic mass is 35.5. The van der Waals surface area contributed by atoms with Gasteiger partial charge in [-0.1, -0.05) is 12.1 Å². The Morgan fingerprint density at radius 2 is 1.93 bits per heavy atom. The van der Waals surface area contributed by atoms with Gasteiger partial charge in [-0.2, -0.15) is 0 Å². The van der Waals surface area contributed by atoms with Gasteiger partial charge in [0.1, 0.15) is 5.82 Å². The van der Waals surface area contributed by atoms with Crippen LogP contribution in [0.1, 0.15) is 18.0 Å². The van der Waals surface area contributed by atoms with Gasteiger partial charge in [-0.05, 0) is 17.7 Å². The summed E-state index contributed by atoms with van der Waals surface area (Å²) in [4.78, 5) is 0. The molecular weight excluding hydrogens is 215 g/mol. The second kappa shape index (κ2) is 5.88. The topological polar surface area (TPSA) is 26.0 Å². The number of alkyl halides is 2. The minimum absolute atomic E-state index is 0. The summed E-state index contributed by atoms with van der Waals surface area (Å²) >= 11 is 0. The monoisotopic (exact) mass is 225 g/mol. The van der Waals surface area contributed by atoms with Crippen LogP contribution in [0, 0.1) is 5.82 Å². The zero-order chi connectivity index (χ0) is 9.84. The molecule has 80 valence electrons. The molecule has 0 heterocycles. The molecule has 0 aliphatic rings. The van der Waals surface area contributed by atoms with Crippen molar-refractivity contribution in [1.29, 1.82) is 0 Å². The fourth-order valence-electron chi connectivity index (χ4n) is 1.07. The molecule has 0 saturated carbocycles. The average molecular weight is 226 g/mol. The quantitative estimate of drug-likeness (QED) is 0.841. The highest BCUT2D eigenvalue weighted by molar-refractivity contribution is 5.85. The van der Waals surface area contributed by atoms with Gasteiger partial charge in [0.05, 0.1) is 0 Å². The van der Waals surface area contributed by atoms with Crippen LogP contribution in [0.4, 0.5) is 13.2 Å². The summed E-state index contributed by atoms with van der Waals surface area (Å²) < 4.78 is 36.4. The molecular formula is C9H11ClF3N. The van der Waals surface area contributed by atoms with Crippen molar-refractivity contribution in [2.75, 3.05) is 0 Å². The van der Waals surface area contributed by atoms with Crippen LogP contribution in [0.25, 0.3) is 0 Å². The molecule has 1 aromatic rings. The van der Waals surface area contributed by atoms with Gasteiger partial charge in [0.25, 0.3) is 0 Å². The van der Waals surface area contributed by atoms with E-state index < -0.39 is 24.7 Å². The van der Waals surface area contributed by atoms with Crippen molar-refractivity contribution in [3.05, 3.63) is 35.6 Å². The summed E-state index contributed by atoms with van der Waals surface area (Å²) in [5.41, 5.74) is 5.82. The predicted octanol–water partition coefficient (Wildman–Crippen LogP) is 2.90. The lowest BCUT2D eigenvalue weighted by Crippen LogP contribution is -2.13. The van der Waals surface area contributed by atoms with E-state index in [0.29, 0.717) is 5.56 Å². The zero-order valence-electron chi connectivity index (χ0n) is 7.29. The smallest absolute Gasteiger partial charge is 0.240 e. The lowest BCUT2D eigenvalue weighted by molar-refractivity contribution is 0.128. The highest BCUT2D eigenvalue weighted by Gasteiger charge is 2.12. The van der Waals surface area contributed by atoms with Crippen LogP contribution in [0.15, 0.2) is 24.3 Å². The van der Waals surface area contributed by atoms with Gasteiger partial charge < -0.3 is 5.73 Å². The van der Waals surface area contributed by atoms with Crippen molar-refractivity contribution in [2.24, 2.45) is 5.73 Å². The first-order chi connectivity index (χ1) is 6.09. The molecule has 0 saturated heterocycles. The van der Waals surface area contributed by atoms with E-state index in [1.165, 1.54) is 24.3 Å². The molecule has 0 aromatic heterocycles. The number of hydrogen-bond donors (Lipinski definition) is 1. The fraction of sp³-hybridized carbons (Fsp3) is 0.333. The normalized spacial score (nSPS) is 12.4. The minimum atomic E-state index is -2.46. The Kier molecular flexibility index (Phi) is 5.57. The first kappa shape index (κ1) is 13.3. The van der Waals surface area contributed by atoms with Gasteiger partial charge in [-0.3, -0.25) is 0 Å². The van der Waals surface area contributed by atoms with Crippen molar-refractivity contribution in [3.63, 3.8) is 0 Å². The van der Waals surface area contributed by atoms with Gasteiger partial charge in [0, 0.05) is 12.5 Å². The van der Waals surface area contributed by atoms with Gasteiger partial charge in [0.15, 0.2) is 0 Å². The second-order valence-corrected chi connectivity index (χ2v) is 2.79. The maximum atomic E-state index is 12.6. The van der Waals surface area contributed by atoms with E-state index in [9.17, 15) is 13.2 Å². The molecule has 5 heteroatoms. The van der Waals surface area contributed by atoms with Gasteiger partial charge in [0.2, 0.25) is 6.43 Å². The summed E-state index contributed by atoms with van der Waals surface area (Å²) in [7, 11) is 0. The molecule has 0 aliphatic heterocycles. The molecule has 1 atom stereocenters. The first-order valence-corrected chi connectivity index (χ1v) is 3.89. The maximum Gasteiger partial charge on any atom is 0.240 e. The van der Waals surface area contributed by atoms with Crippen LogP contribution in [-0.4, -0.2) is 6.43 Å². The zero-order valence-corrected chi connectivity index (χ0v) is 8.11. The molecule has 0 bridgehead atoms. The Bertz CT molecular complexity index is 281. The Balaban J connectivity index is 0.00000169. The predicted molar refractivity (Wildman–Crippen MR) is 51.2 cm³/mol. The number of halogens is 4. The third kappa shape index (κ3) is 3.98. The van der Waals surface area contributed by atoms with E-state index in [0.717, 1.165) is 0 Å². The molecule has 2 N–H and O–H groups in total. The molecule has 1 rings (SSSR count). The van der Waals surface area contributed by atoms with Gasteiger partial charge in [-0.25, -0.2) is 13.2 Å². The largest absolute Gasteiger partial charge is 0.324 e. The van der Waals surface area contributed by atoms with E-state index in [-0.39, 0.29) is 12.4 Å². The standard InChI is InChI=1S/C9H10F3N.ClH/c10-7-3-1-2-6(4-7)8(13)5-9(11)12;/h1-4,8-9H,5,13H2;1H/t8-;/m1./s1.